The van der Waals surface area contributed by atoms with Gasteiger partial charge in [0.25, 0.3) is 0 Å². The van der Waals surface area contributed by atoms with Crippen LogP contribution in [0.1, 0.15) is 39.0 Å². The Morgan fingerprint density at radius 2 is 2.12 bits per heavy atom. The normalized spacial score (nSPS) is 12.9. The Labute approximate surface area is 111 Å². The van der Waals surface area contributed by atoms with E-state index in [2.05, 4.69) is 49.4 Å². The molecule has 17 heavy (non-hydrogen) atoms. The van der Waals surface area contributed by atoms with Crippen molar-refractivity contribution in [3.8, 4) is 0 Å². The van der Waals surface area contributed by atoms with Gasteiger partial charge in [0, 0.05) is 22.3 Å². The highest BCUT2D eigenvalue weighted by molar-refractivity contribution is 7.11. The zero-order valence-corrected chi connectivity index (χ0v) is 12.3. The van der Waals surface area contributed by atoms with Gasteiger partial charge in [-0.2, -0.15) is 0 Å². The van der Waals surface area contributed by atoms with Crippen LogP contribution in [0, 0.1) is 20.8 Å². The van der Waals surface area contributed by atoms with Crippen molar-refractivity contribution in [3.63, 3.8) is 0 Å². The van der Waals surface area contributed by atoms with Crippen LogP contribution in [0.3, 0.4) is 0 Å². The molecule has 2 aromatic rings. The van der Waals surface area contributed by atoms with Crippen molar-refractivity contribution in [2.45, 2.75) is 40.3 Å². The number of hydrogen-bond acceptors (Lipinski definition) is 4. The molecule has 1 unspecified atom stereocenters. The summed E-state index contributed by atoms with van der Waals surface area (Å²) in [5, 5.41) is 6.88. The fourth-order valence-corrected chi connectivity index (χ4v) is 3.68. The van der Waals surface area contributed by atoms with Crippen LogP contribution in [0.5, 0.6) is 0 Å². The summed E-state index contributed by atoms with van der Waals surface area (Å²) < 4.78 is 0. The van der Waals surface area contributed by atoms with Gasteiger partial charge in [-0.3, -0.25) is 0 Å². The first-order chi connectivity index (χ1) is 8.08. The molecule has 0 aliphatic carbocycles. The lowest BCUT2D eigenvalue weighted by molar-refractivity contribution is 0.582. The Kier molecular flexibility index (Phi) is 3.97. The van der Waals surface area contributed by atoms with Gasteiger partial charge in [0.15, 0.2) is 0 Å². The van der Waals surface area contributed by atoms with E-state index in [0.717, 1.165) is 17.2 Å². The van der Waals surface area contributed by atoms with E-state index in [-0.39, 0.29) is 0 Å². The van der Waals surface area contributed by atoms with E-state index in [1.54, 1.807) is 11.3 Å². The number of rotatable bonds is 4. The minimum atomic E-state index is 0.377. The molecule has 2 rings (SSSR count). The van der Waals surface area contributed by atoms with Crippen LogP contribution >= 0.6 is 22.7 Å². The SMILES string of the molecule is Cc1nc(C)c(C(C)NCc2sccc2C)s1. The molecule has 2 heterocycles. The molecular weight excluding hydrogens is 248 g/mol. The van der Waals surface area contributed by atoms with Gasteiger partial charge < -0.3 is 5.32 Å². The van der Waals surface area contributed by atoms with Crippen LogP contribution in [0.2, 0.25) is 0 Å². The van der Waals surface area contributed by atoms with Crippen molar-refractivity contribution in [1.82, 2.24) is 10.3 Å². The van der Waals surface area contributed by atoms with Gasteiger partial charge in [-0.05, 0) is 44.7 Å². The minimum Gasteiger partial charge on any atom is -0.304 e. The highest BCUT2D eigenvalue weighted by Gasteiger charge is 2.12. The molecule has 0 amide bonds. The third-order valence-corrected chi connectivity index (χ3v) is 5.15. The number of thiophene rings is 1. The molecule has 92 valence electrons. The number of nitrogens with zero attached hydrogens (tertiary/aromatic N) is 1. The highest BCUT2D eigenvalue weighted by atomic mass is 32.1. The zero-order chi connectivity index (χ0) is 12.4. The molecule has 0 radical (unpaired) electrons. The van der Waals surface area contributed by atoms with Crippen LogP contribution < -0.4 is 5.32 Å². The largest absolute Gasteiger partial charge is 0.304 e. The predicted octanol–water partition coefficient (Wildman–Crippen LogP) is 3.98. The number of aromatic nitrogens is 1. The average Bonchev–Trinajstić information content (AvgIpc) is 2.81. The van der Waals surface area contributed by atoms with Crippen molar-refractivity contribution >= 4 is 22.7 Å². The quantitative estimate of drug-likeness (QED) is 0.905. The molecule has 0 aliphatic rings. The molecule has 2 nitrogen and oxygen atoms in total. The Bertz CT molecular complexity index is 499. The molecule has 0 saturated carbocycles. The maximum Gasteiger partial charge on any atom is 0.0900 e. The molecule has 0 spiro atoms. The van der Waals surface area contributed by atoms with Gasteiger partial charge in [0.05, 0.1) is 10.7 Å². The Morgan fingerprint density at radius 3 is 2.65 bits per heavy atom. The molecule has 0 fully saturated rings. The topological polar surface area (TPSA) is 24.9 Å². The number of thiazole rings is 1. The van der Waals surface area contributed by atoms with Gasteiger partial charge in [-0.1, -0.05) is 0 Å². The van der Waals surface area contributed by atoms with E-state index in [9.17, 15) is 0 Å². The highest BCUT2D eigenvalue weighted by Crippen LogP contribution is 2.25. The van der Waals surface area contributed by atoms with E-state index >= 15 is 0 Å². The summed E-state index contributed by atoms with van der Waals surface area (Å²) in [6.45, 7) is 9.48. The van der Waals surface area contributed by atoms with Crippen LogP contribution in [-0.4, -0.2) is 4.98 Å². The molecule has 1 N–H and O–H groups in total. The first kappa shape index (κ1) is 12.7. The first-order valence-electron chi connectivity index (χ1n) is 5.78. The van der Waals surface area contributed by atoms with E-state index in [1.807, 2.05) is 11.3 Å². The molecule has 0 saturated heterocycles. The third-order valence-electron chi connectivity index (χ3n) is 2.87. The fraction of sp³-hybridized carbons (Fsp3) is 0.462. The molecular formula is C13H18N2S2. The lowest BCUT2D eigenvalue weighted by Crippen LogP contribution is -2.17. The lowest BCUT2D eigenvalue weighted by atomic mass is 10.2. The molecule has 0 aliphatic heterocycles. The van der Waals surface area contributed by atoms with Crippen molar-refractivity contribution in [2.75, 3.05) is 0 Å². The molecule has 1 atom stereocenters. The summed E-state index contributed by atoms with van der Waals surface area (Å²) in [4.78, 5) is 7.26. The van der Waals surface area contributed by atoms with Gasteiger partial charge in [-0.25, -0.2) is 4.98 Å². The van der Waals surface area contributed by atoms with Crippen LogP contribution in [-0.2, 0) is 6.54 Å². The lowest BCUT2D eigenvalue weighted by Gasteiger charge is -2.12. The summed E-state index contributed by atoms with van der Waals surface area (Å²) >= 11 is 3.62. The summed E-state index contributed by atoms with van der Waals surface area (Å²) in [6.07, 6.45) is 0. The van der Waals surface area contributed by atoms with Crippen molar-refractivity contribution in [3.05, 3.63) is 37.5 Å². The molecule has 2 aromatic heterocycles. The molecule has 0 bridgehead atoms. The smallest absolute Gasteiger partial charge is 0.0900 e. The maximum atomic E-state index is 4.48. The molecule has 4 heteroatoms. The monoisotopic (exact) mass is 266 g/mol. The van der Waals surface area contributed by atoms with Crippen LogP contribution in [0.4, 0.5) is 0 Å². The van der Waals surface area contributed by atoms with Gasteiger partial charge >= 0.3 is 0 Å². The van der Waals surface area contributed by atoms with Crippen molar-refractivity contribution in [1.29, 1.82) is 0 Å². The van der Waals surface area contributed by atoms with Crippen molar-refractivity contribution in [2.24, 2.45) is 0 Å². The van der Waals surface area contributed by atoms with Gasteiger partial charge in [-0.15, -0.1) is 22.7 Å². The first-order valence-corrected chi connectivity index (χ1v) is 7.48. The number of hydrogen-bond donors (Lipinski definition) is 1. The zero-order valence-electron chi connectivity index (χ0n) is 10.7. The van der Waals surface area contributed by atoms with E-state index < -0.39 is 0 Å². The second kappa shape index (κ2) is 5.29. The van der Waals surface area contributed by atoms with E-state index in [0.29, 0.717) is 6.04 Å². The number of aryl methyl sites for hydroxylation is 3. The summed E-state index contributed by atoms with van der Waals surface area (Å²) in [7, 11) is 0. The molecule has 0 aromatic carbocycles. The fourth-order valence-electron chi connectivity index (χ4n) is 1.87. The maximum absolute atomic E-state index is 4.48. The van der Waals surface area contributed by atoms with Crippen LogP contribution in [0.15, 0.2) is 11.4 Å². The predicted molar refractivity (Wildman–Crippen MR) is 75.9 cm³/mol. The minimum absolute atomic E-state index is 0.377. The Hall–Kier alpha value is -0.710. The van der Waals surface area contributed by atoms with E-state index in [4.69, 9.17) is 0 Å². The third kappa shape index (κ3) is 2.94. The Morgan fingerprint density at radius 1 is 1.35 bits per heavy atom. The summed E-state index contributed by atoms with van der Waals surface area (Å²) in [5.74, 6) is 0. The summed E-state index contributed by atoms with van der Waals surface area (Å²) in [5.41, 5.74) is 2.54. The van der Waals surface area contributed by atoms with Crippen LogP contribution in [0.25, 0.3) is 0 Å². The second-order valence-corrected chi connectivity index (χ2v) is 6.55. The summed E-state index contributed by atoms with van der Waals surface area (Å²) in [6, 6.07) is 2.55. The number of nitrogens with one attached hydrogen (secondary N) is 1. The average molecular weight is 266 g/mol. The van der Waals surface area contributed by atoms with Gasteiger partial charge in [0.2, 0.25) is 0 Å². The Balaban J connectivity index is 2.00. The van der Waals surface area contributed by atoms with Crippen molar-refractivity contribution < 1.29 is 0 Å². The standard InChI is InChI=1S/C13H18N2S2/c1-8-5-6-16-12(8)7-14-9(2)13-10(3)15-11(4)17-13/h5-6,9,14H,7H2,1-4H3. The van der Waals surface area contributed by atoms with E-state index in [1.165, 1.54) is 15.3 Å². The second-order valence-electron chi connectivity index (χ2n) is 4.31. The van der Waals surface area contributed by atoms with Gasteiger partial charge in [0.1, 0.15) is 0 Å².